The Morgan fingerprint density at radius 1 is 1.13 bits per heavy atom. The zero-order chi connectivity index (χ0) is 22.3. The van der Waals surface area contributed by atoms with Gasteiger partial charge in [0, 0.05) is 48.9 Å². The lowest BCUT2D eigenvalue weighted by Crippen LogP contribution is -2.57. The molecular formula is C24H27FN4O2. The number of H-pyrrole nitrogens is 1. The minimum absolute atomic E-state index is 0.0118. The Kier molecular flexibility index (Phi) is 5.62. The summed E-state index contributed by atoms with van der Waals surface area (Å²) in [5.74, 6) is -0.369. The van der Waals surface area contributed by atoms with Crippen molar-refractivity contribution in [3.8, 4) is 0 Å². The second kappa shape index (κ2) is 8.23. The number of nitrogens with zero attached hydrogens (tertiary/aromatic N) is 3. The number of carbonyl (C=O) groups excluding carboxylic acids is 2. The van der Waals surface area contributed by atoms with Crippen molar-refractivity contribution in [2.75, 3.05) is 13.1 Å². The number of hydrogen-bond acceptors (Lipinski definition) is 4. The lowest BCUT2D eigenvalue weighted by Gasteiger charge is -2.44. The van der Waals surface area contributed by atoms with Crippen molar-refractivity contribution < 1.29 is 14.0 Å². The molecule has 1 aliphatic heterocycles. The van der Waals surface area contributed by atoms with Gasteiger partial charge in [0.1, 0.15) is 11.5 Å². The number of rotatable bonds is 4. The molecule has 4 rings (SSSR count). The van der Waals surface area contributed by atoms with Crippen LogP contribution in [0.15, 0.2) is 36.5 Å². The van der Waals surface area contributed by atoms with E-state index in [0.717, 1.165) is 12.1 Å². The average Bonchev–Trinajstić information content (AvgIpc) is 3.14. The van der Waals surface area contributed by atoms with Crippen molar-refractivity contribution in [3.05, 3.63) is 64.7 Å². The van der Waals surface area contributed by atoms with Gasteiger partial charge in [-0.2, -0.15) is 0 Å². The molecule has 0 saturated carbocycles. The SMILES string of the molecule is CC(=O)c1c[nH]c2nc(C)c(C(=O)N3C[C@H](C)N(Cc4ccc(F)cc4)CC3C)cc12. The van der Waals surface area contributed by atoms with Gasteiger partial charge >= 0.3 is 0 Å². The van der Waals surface area contributed by atoms with Crippen molar-refractivity contribution in [2.24, 2.45) is 0 Å². The first-order valence-corrected chi connectivity index (χ1v) is 10.5. The molecule has 6 nitrogen and oxygen atoms in total. The quantitative estimate of drug-likeness (QED) is 0.647. The van der Waals surface area contributed by atoms with Gasteiger partial charge in [0.2, 0.25) is 0 Å². The third-order valence-corrected chi connectivity index (χ3v) is 6.14. The Hall–Kier alpha value is -3.06. The summed E-state index contributed by atoms with van der Waals surface area (Å²) in [6, 6.07) is 8.52. The summed E-state index contributed by atoms with van der Waals surface area (Å²) in [7, 11) is 0. The largest absolute Gasteiger partial charge is 0.345 e. The molecule has 1 fully saturated rings. The summed E-state index contributed by atoms with van der Waals surface area (Å²) in [6.07, 6.45) is 1.65. The molecule has 1 saturated heterocycles. The van der Waals surface area contributed by atoms with Crippen LogP contribution >= 0.6 is 0 Å². The summed E-state index contributed by atoms with van der Waals surface area (Å²) in [5.41, 5.74) is 3.38. The molecule has 1 aromatic carbocycles. The van der Waals surface area contributed by atoms with Gasteiger partial charge in [-0.3, -0.25) is 14.5 Å². The van der Waals surface area contributed by atoms with Crippen LogP contribution in [0.2, 0.25) is 0 Å². The fraction of sp³-hybridized carbons (Fsp3) is 0.375. The average molecular weight is 423 g/mol. The van der Waals surface area contributed by atoms with Crippen molar-refractivity contribution in [1.29, 1.82) is 0 Å². The second-order valence-electron chi connectivity index (χ2n) is 8.49. The van der Waals surface area contributed by atoms with Gasteiger partial charge in [-0.15, -0.1) is 0 Å². The van der Waals surface area contributed by atoms with E-state index in [9.17, 15) is 14.0 Å². The van der Waals surface area contributed by atoms with Crippen LogP contribution in [0.1, 0.15) is 52.7 Å². The fourth-order valence-corrected chi connectivity index (χ4v) is 4.33. The molecule has 162 valence electrons. The van der Waals surface area contributed by atoms with E-state index < -0.39 is 0 Å². The monoisotopic (exact) mass is 422 g/mol. The van der Waals surface area contributed by atoms with E-state index in [1.54, 1.807) is 24.4 Å². The lowest BCUT2D eigenvalue weighted by molar-refractivity contribution is 0.0290. The number of nitrogens with one attached hydrogen (secondary N) is 1. The number of carbonyl (C=O) groups is 2. The predicted octanol–water partition coefficient (Wildman–Crippen LogP) is 3.95. The number of halogens is 1. The maximum Gasteiger partial charge on any atom is 0.256 e. The molecule has 0 bridgehead atoms. The third kappa shape index (κ3) is 4.10. The van der Waals surface area contributed by atoms with E-state index in [1.807, 2.05) is 18.7 Å². The minimum atomic E-state index is -0.239. The second-order valence-corrected chi connectivity index (χ2v) is 8.49. The number of fused-ring (bicyclic) bond motifs is 1. The number of Topliss-reactive ketones (excluding diaryl/α,β-unsaturated/α-hetero) is 1. The standard InChI is InChI=1S/C24H27FN4O2/c1-14-12-29(15(2)11-28(14)13-18-5-7-19(25)8-6-18)24(31)20-9-21-22(17(4)30)10-26-23(21)27-16(20)3/h5-10,14-15H,11-13H2,1-4H3,(H,26,27)/t14-,15?/m0/s1. The normalized spacial score (nSPS) is 19.7. The van der Waals surface area contributed by atoms with Gasteiger partial charge in [-0.1, -0.05) is 12.1 Å². The molecule has 0 aliphatic carbocycles. The lowest BCUT2D eigenvalue weighted by atomic mass is 10.0. The van der Waals surface area contributed by atoms with E-state index in [0.29, 0.717) is 40.9 Å². The Morgan fingerprint density at radius 3 is 2.52 bits per heavy atom. The number of benzene rings is 1. The van der Waals surface area contributed by atoms with Crippen LogP contribution in [0.5, 0.6) is 0 Å². The van der Waals surface area contributed by atoms with E-state index >= 15 is 0 Å². The zero-order valence-electron chi connectivity index (χ0n) is 18.3. The number of piperazine rings is 1. The highest BCUT2D eigenvalue weighted by Gasteiger charge is 2.33. The number of hydrogen-bond donors (Lipinski definition) is 1. The number of aromatic nitrogens is 2. The van der Waals surface area contributed by atoms with Crippen LogP contribution < -0.4 is 0 Å². The Bertz CT molecular complexity index is 1140. The van der Waals surface area contributed by atoms with Gasteiger partial charge in [0.25, 0.3) is 5.91 Å². The number of amides is 1. The maximum atomic E-state index is 13.5. The highest BCUT2D eigenvalue weighted by atomic mass is 19.1. The van der Waals surface area contributed by atoms with Crippen LogP contribution in [-0.2, 0) is 6.54 Å². The summed E-state index contributed by atoms with van der Waals surface area (Å²) in [6.45, 7) is 9.50. The van der Waals surface area contributed by atoms with Crippen molar-refractivity contribution >= 4 is 22.7 Å². The topological polar surface area (TPSA) is 69.3 Å². The molecule has 7 heteroatoms. The van der Waals surface area contributed by atoms with Crippen molar-refractivity contribution in [2.45, 2.75) is 46.3 Å². The molecule has 3 aromatic rings. The number of pyridine rings is 1. The molecule has 0 spiro atoms. The van der Waals surface area contributed by atoms with E-state index in [1.165, 1.54) is 19.1 Å². The molecule has 31 heavy (non-hydrogen) atoms. The van der Waals surface area contributed by atoms with Crippen molar-refractivity contribution in [3.63, 3.8) is 0 Å². The van der Waals surface area contributed by atoms with E-state index in [4.69, 9.17) is 0 Å². The predicted molar refractivity (Wildman–Crippen MR) is 118 cm³/mol. The van der Waals surface area contributed by atoms with Gasteiger partial charge in [-0.05, 0) is 51.5 Å². The zero-order valence-corrected chi connectivity index (χ0v) is 18.3. The molecule has 1 N–H and O–H groups in total. The van der Waals surface area contributed by atoms with E-state index in [2.05, 4.69) is 21.8 Å². The van der Waals surface area contributed by atoms with Crippen LogP contribution in [-0.4, -0.2) is 56.6 Å². The molecule has 1 unspecified atom stereocenters. The summed E-state index contributed by atoms with van der Waals surface area (Å²) in [4.78, 5) is 37.1. The fourth-order valence-electron chi connectivity index (χ4n) is 4.33. The number of ketones is 1. The molecular weight excluding hydrogens is 395 g/mol. The molecule has 1 aliphatic rings. The van der Waals surface area contributed by atoms with E-state index in [-0.39, 0.29) is 29.6 Å². The van der Waals surface area contributed by atoms with Crippen LogP contribution in [0, 0.1) is 12.7 Å². The first-order chi connectivity index (χ1) is 14.7. The highest BCUT2D eigenvalue weighted by molar-refractivity contribution is 6.08. The van der Waals surface area contributed by atoms with Gasteiger partial charge in [-0.25, -0.2) is 9.37 Å². The third-order valence-electron chi connectivity index (χ3n) is 6.14. The molecule has 2 aromatic heterocycles. The Labute approximate surface area is 181 Å². The summed E-state index contributed by atoms with van der Waals surface area (Å²) < 4.78 is 13.2. The number of aromatic amines is 1. The van der Waals surface area contributed by atoms with Gasteiger partial charge < -0.3 is 9.88 Å². The van der Waals surface area contributed by atoms with Crippen molar-refractivity contribution in [1.82, 2.24) is 19.8 Å². The molecule has 2 atom stereocenters. The van der Waals surface area contributed by atoms with Gasteiger partial charge in [0.15, 0.2) is 5.78 Å². The Balaban J connectivity index is 1.55. The first kappa shape index (κ1) is 21.2. The van der Waals surface area contributed by atoms with Gasteiger partial charge in [0.05, 0.1) is 11.3 Å². The minimum Gasteiger partial charge on any atom is -0.345 e. The maximum absolute atomic E-state index is 13.5. The van der Waals surface area contributed by atoms with Crippen LogP contribution in [0.25, 0.3) is 11.0 Å². The van der Waals surface area contributed by atoms with Crippen LogP contribution in [0.4, 0.5) is 4.39 Å². The molecule has 0 radical (unpaired) electrons. The number of aryl methyl sites for hydroxylation is 1. The van der Waals surface area contributed by atoms with Crippen LogP contribution in [0.3, 0.4) is 0 Å². The highest BCUT2D eigenvalue weighted by Crippen LogP contribution is 2.25. The summed E-state index contributed by atoms with van der Waals surface area (Å²) >= 11 is 0. The first-order valence-electron chi connectivity index (χ1n) is 10.5. The molecule has 3 heterocycles. The summed E-state index contributed by atoms with van der Waals surface area (Å²) in [5, 5.41) is 0.678. The smallest absolute Gasteiger partial charge is 0.256 e. The Morgan fingerprint density at radius 2 is 1.84 bits per heavy atom. The molecule has 1 amide bonds.